The van der Waals surface area contributed by atoms with Gasteiger partial charge >= 0.3 is 0 Å². The van der Waals surface area contributed by atoms with Crippen LogP contribution in [0.5, 0.6) is 0 Å². The molecular weight excluding hydrogens is 240 g/mol. The average Bonchev–Trinajstić information content (AvgIpc) is 2.72. The number of carbonyl (C=O) groups excluding carboxylic acids is 1. The third-order valence-electron chi connectivity index (χ3n) is 2.92. The molecular formula is C14H26N4O. The molecule has 1 atom stereocenters. The van der Waals surface area contributed by atoms with E-state index in [0.29, 0.717) is 6.54 Å². The topological polar surface area (TPSA) is 72.9 Å². The number of rotatable bonds is 5. The fourth-order valence-electron chi connectivity index (χ4n) is 2.08. The molecule has 1 unspecified atom stereocenters. The molecule has 0 saturated heterocycles. The lowest BCUT2D eigenvalue weighted by molar-refractivity contribution is -0.120. The van der Waals surface area contributed by atoms with E-state index in [-0.39, 0.29) is 23.3 Å². The molecule has 0 bridgehead atoms. The van der Waals surface area contributed by atoms with Crippen LogP contribution in [0.25, 0.3) is 0 Å². The number of anilines is 1. The quantitative estimate of drug-likeness (QED) is 0.859. The van der Waals surface area contributed by atoms with Crippen LogP contribution < -0.4 is 11.1 Å². The number of nitrogens with one attached hydrogen (secondary N) is 1. The first-order valence-electron chi connectivity index (χ1n) is 6.79. The highest BCUT2D eigenvalue weighted by molar-refractivity contribution is 5.91. The first kappa shape index (κ1) is 15.7. The van der Waals surface area contributed by atoms with Crippen molar-refractivity contribution in [3.8, 4) is 0 Å². The molecule has 0 saturated carbocycles. The Morgan fingerprint density at radius 1 is 1.47 bits per heavy atom. The highest BCUT2D eigenvalue weighted by atomic mass is 16.2. The van der Waals surface area contributed by atoms with Gasteiger partial charge in [-0.25, -0.2) is 4.68 Å². The predicted octanol–water partition coefficient (Wildman–Crippen LogP) is 2.41. The second-order valence-corrected chi connectivity index (χ2v) is 6.44. The van der Waals surface area contributed by atoms with Gasteiger partial charge in [-0.1, -0.05) is 20.8 Å². The molecule has 0 aromatic carbocycles. The van der Waals surface area contributed by atoms with Crippen LogP contribution in [0.1, 0.15) is 47.1 Å². The van der Waals surface area contributed by atoms with Crippen molar-refractivity contribution in [2.24, 2.45) is 17.1 Å². The minimum atomic E-state index is -0.171. The van der Waals surface area contributed by atoms with Gasteiger partial charge in [-0.15, -0.1) is 0 Å². The van der Waals surface area contributed by atoms with E-state index in [4.69, 9.17) is 5.73 Å². The zero-order valence-corrected chi connectivity index (χ0v) is 12.6. The molecule has 0 aliphatic carbocycles. The van der Waals surface area contributed by atoms with Crippen molar-refractivity contribution in [3.05, 3.63) is 12.3 Å². The van der Waals surface area contributed by atoms with Crippen molar-refractivity contribution in [3.63, 3.8) is 0 Å². The van der Waals surface area contributed by atoms with Crippen molar-refractivity contribution in [1.82, 2.24) is 9.78 Å². The number of hydrogen-bond acceptors (Lipinski definition) is 3. The van der Waals surface area contributed by atoms with Crippen LogP contribution in [0, 0.1) is 11.3 Å². The third kappa shape index (κ3) is 4.67. The second-order valence-electron chi connectivity index (χ2n) is 6.44. The van der Waals surface area contributed by atoms with E-state index < -0.39 is 0 Å². The standard InChI is InChI=1S/C14H26N4O/c1-10(2)18-12(6-7-16-18)17-13(19)11(9-15)8-14(3,4)5/h6-7,10-11H,8-9,15H2,1-5H3,(H,17,19). The van der Waals surface area contributed by atoms with Crippen LogP contribution in [-0.4, -0.2) is 22.2 Å². The van der Waals surface area contributed by atoms with Crippen molar-refractivity contribution < 1.29 is 4.79 Å². The van der Waals surface area contributed by atoms with Gasteiger partial charge in [0.2, 0.25) is 5.91 Å². The maximum atomic E-state index is 12.3. The highest BCUT2D eigenvalue weighted by Crippen LogP contribution is 2.25. The van der Waals surface area contributed by atoms with Gasteiger partial charge in [0.1, 0.15) is 5.82 Å². The molecule has 1 heterocycles. The van der Waals surface area contributed by atoms with E-state index in [9.17, 15) is 4.79 Å². The van der Waals surface area contributed by atoms with Crippen LogP contribution >= 0.6 is 0 Å². The summed E-state index contributed by atoms with van der Waals surface area (Å²) in [6.45, 7) is 10.7. The Labute approximate surface area is 115 Å². The van der Waals surface area contributed by atoms with E-state index in [0.717, 1.165) is 12.2 Å². The molecule has 0 aliphatic rings. The molecule has 5 heteroatoms. The minimum Gasteiger partial charge on any atom is -0.330 e. The summed E-state index contributed by atoms with van der Waals surface area (Å²) in [6.07, 6.45) is 2.46. The molecule has 0 spiro atoms. The van der Waals surface area contributed by atoms with Crippen LogP contribution in [0.3, 0.4) is 0 Å². The molecule has 3 N–H and O–H groups in total. The maximum absolute atomic E-state index is 12.3. The molecule has 108 valence electrons. The Hall–Kier alpha value is -1.36. The number of nitrogens with zero attached hydrogens (tertiary/aromatic N) is 2. The monoisotopic (exact) mass is 266 g/mol. The molecule has 1 aromatic rings. The van der Waals surface area contributed by atoms with Gasteiger partial charge < -0.3 is 11.1 Å². The average molecular weight is 266 g/mol. The van der Waals surface area contributed by atoms with Gasteiger partial charge in [-0.2, -0.15) is 5.10 Å². The Kier molecular flexibility index (Phi) is 5.11. The van der Waals surface area contributed by atoms with Crippen LogP contribution in [-0.2, 0) is 4.79 Å². The number of aromatic nitrogens is 2. The number of nitrogens with two attached hydrogens (primary N) is 1. The molecule has 5 nitrogen and oxygen atoms in total. The van der Waals surface area contributed by atoms with Crippen molar-refractivity contribution in [2.45, 2.75) is 47.1 Å². The third-order valence-corrected chi connectivity index (χ3v) is 2.92. The Bertz CT molecular complexity index is 417. The Morgan fingerprint density at radius 3 is 2.58 bits per heavy atom. The molecule has 0 fully saturated rings. The largest absolute Gasteiger partial charge is 0.330 e. The molecule has 19 heavy (non-hydrogen) atoms. The fourth-order valence-corrected chi connectivity index (χ4v) is 2.08. The molecule has 1 amide bonds. The second kappa shape index (κ2) is 6.19. The lowest BCUT2D eigenvalue weighted by Crippen LogP contribution is -2.33. The zero-order chi connectivity index (χ0) is 14.6. The SMILES string of the molecule is CC(C)n1nccc1NC(=O)C(CN)CC(C)(C)C. The first-order chi connectivity index (χ1) is 8.74. The van der Waals surface area contributed by atoms with Gasteiger partial charge in [0.05, 0.1) is 12.1 Å². The van der Waals surface area contributed by atoms with Crippen molar-refractivity contribution in [2.75, 3.05) is 11.9 Å². The fraction of sp³-hybridized carbons (Fsp3) is 0.714. The van der Waals surface area contributed by atoms with Crippen LogP contribution in [0.4, 0.5) is 5.82 Å². The van der Waals surface area contributed by atoms with Gasteiger partial charge in [0, 0.05) is 18.7 Å². The van der Waals surface area contributed by atoms with Gasteiger partial charge in [0.15, 0.2) is 0 Å². The number of hydrogen-bond donors (Lipinski definition) is 2. The summed E-state index contributed by atoms with van der Waals surface area (Å²) in [5.41, 5.74) is 5.81. The first-order valence-corrected chi connectivity index (χ1v) is 6.79. The number of carbonyl (C=O) groups is 1. The summed E-state index contributed by atoms with van der Waals surface area (Å²) in [4.78, 5) is 12.3. The number of amides is 1. The van der Waals surface area contributed by atoms with Gasteiger partial charge in [-0.05, 0) is 25.7 Å². The smallest absolute Gasteiger partial charge is 0.229 e. The summed E-state index contributed by atoms with van der Waals surface area (Å²) in [5.74, 6) is 0.530. The molecule has 0 aliphatic heterocycles. The maximum Gasteiger partial charge on any atom is 0.229 e. The normalized spacial score (nSPS) is 13.6. The highest BCUT2D eigenvalue weighted by Gasteiger charge is 2.24. The molecule has 1 rings (SSSR count). The Morgan fingerprint density at radius 2 is 2.11 bits per heavy atom. The zero-order valence-electron chi connectivity index (χ0n) is 12.6. The van der Waals surface area contributed by atoms with E-state index in [1.807, 2.05) is 19.9 Å². The van der Waals surface area contributed by atoms with E-state index in [1.165, 1.54) is 0 Å². The van der Waals surface area contributed by atoms with Gasteiger partial charge in [0.25, 0.3) is 0 Å². The predicted molar refractivity (Wildman–Crippen MR) is 77.9 cm³/mol. The van der Waals surface area contributed by atoms with E-state index >= 15 is 0 Å². The van der Waals surface area contributed by atoms with E-state index in [1.54, 1.807) is 10.9 Å². The van der Waals surface area contributed by atoms with Crippen LogP contribution in [0.15, 0.2) is 12.3 Å². The summed E-state index contributed by atoms with van der Waals surface area (Å²) >= 11 is 0. The lowest BCUT2D eigenvalue weighted by atomic mass is 9.84. The van der Waals surface area contributed by atoms with Gasteiger partial charge in [-0.3, -0.25) is 4.79 Å². The molecule has 1 aromatic heterocycles. The van der Waals surface area contributed by atoms with Crippen molar-refractivity contribution >= 4 is 11.7 Å². The van der Waals surface area contributed by atoms with Crippen molar-refractivity contribution in [1.29, 1.82) is 0 Å². The summed E-state index contributed by atoms with van der Waals surface area (Å²) in [5, 5.41) is 7.13. The minimum absolute atomic E-state index is 0.0279. The summed E-state index contributed by atoms with van der Waals surface area (Å²) in [7, 11) is 0. The van der Waals surface area contributed by atoms with Crippen LogP contribution in [0.2, 0.25) is 0 Å². The molecule has 0 radical (unpaired) electrons. The summed E-state index contributed by atoms with van der Waals surface area (Å²) < 4.78 is 1.79. The summed E-state index contributed by atoms with van der Waals surface area (Å²) in [6, 6.07) is 2.02. The van der Waals surface area contributed by atoms with E-state index in [2.05, 4.69) is 31.2 Å². The lowest BCUT2D eigenvalue weighted by Gasteiger charge is -2.24. The Balaban J connectivity index is 2.74.